The summed E-state index contributed by atoms with van der Waals surface area (Å²) in [6.07, 6.45) is 1.76. The van der Waals surface area contributed by atoms with Gasteiger partial charge < -0.3 is 15.8 Å². The molecular formula is C12H18N2O2S. The highest BCUT2D eigenvalue weighted by molar-refractivity contribution is 7.07. The number of carbonyl (C=O) groups excluding carboxylic acids is 1. The molecule has 0 bridgehead atoms. The number of nitrogens with two attached hydrogens (primary N) is 1. The van der Waals surface area contributed by atoms with Crippen LogP contribution in [0.3, 0.4) is 0 Å². The minimum Gasteiger partial charge on any atom is -0.381 e. The second-order valence-corrected chi connectivity index (χ2v) is 5.11. The fourth-order valence-corrected chi connectivity index (χ4v) is 2.66. The summed E-state index contributed by atoms with van der Waals surface area (Å²) in [5, 5.41) is 6.91. The van der Waals surface area contributed by atoms with Gasteiger partial charge in [0.25, 0.3) is 0 Å². The van der Waals surface area contributed by atoms with E-state index in [1.54, 1.807) is 11.3 Å². The molecule has 0 aliphatic carbocycles. The lowest BCUT2D eigenvalue weighted by atomic mass is 9.92. The second-order valence-electron chi connectivity index (χ2n) is 4.32. The number of nitrogens with one attached hydrogen (secondary N) is 1. The van der Waals surface area contributed by atoms with Crippen molar-refractivity contribution in [1.29, 1.82) is 0 Å². The first-order valence-corrected chi connectivity index (χ1v) is 6.84. The zero-order valence-electron chi connectivity index (χ0n) is 9.72. The maximum atomic E-state index is 11.9. The van der Waals surface area contributed by atoms with Crippen molar-refractivity contribution >= 4 is 17.2 Å². The number of amides is 1. The fourth-order valence-electron chi connectivity index (χ4n) is 1.99. The van der Waals surface area contributed by atoms with E-state index in [4.69, 9.17) is 10.5 Å². The van der Waals surface area contributed by atoms with Crippen molar-refractivity contribution in [3.05, 3.63) is 22.4 Å². The first-order valence-electron chi connectivity index (χ1n) is 5.89. The predicted molar refractivity (Wildman–Crippen MR) is 67.7 cm³/mol. The van der Waals surface area contributed by atoms with Gasteiger partial charge in [-0.1, -0.05) is 0 Å². The molecule has 94 valence electrons. The van der Waals surface area contributed by atoms with Gasteiger partial charge in [-0.3, -0.25) is 4.79 Å². The van der Waals surface area contributed by atoms with Gasteiger partial charge in [0.1, 0.15) is 0 Å². The summed E-state index contributed by atoms with van der Waals surface area (Å²) in [6, 6.07) is 1.60. The Morgan fingerprint density at radius 3 is 3.00 bits per heavy atom. The molecule has 1 saturated heterocycles. The largest absolute Gasteiger partial charge is 0.381 e. The lowest BCUT2D eigenvalue weighted by molar-refractivity contribution is -0.124. The molecule has 17 heavy (non-hydrogen) atoms. The van der Waals surface area contributed by atoms with Gasteiger partial charge in [-0.05, 0) is 41.1 Å². The molecule has 1 unspecified atom stereocenters. The van der Waals surface area contributed by atoms with Crippen molar-refractivity contribution in [3.63, 3.8) is 0 Å². The number of hydrogen-bond donors (Lipinski definition) is 2. The van der Waals surface area contributed by atoms with Gasteiger partial charge in [-0.2, -0.15) is 11.3 Å². The standard InChI is InChI=1S/C12H18N2O2S/c13-11(10-1-4-16-5-2-10)12(15)14-7-9-3-6-17-8-9/h3,6,8,10-11H,1-2,4-5,7,13H2,(H,14,15). The van der Waals surface area contributed by atoms with Crippen LogP contribution in [0.25, 0.3) is 0 Å². The van der Waals surface area contributed by atoms with Crippen molar-refractivity contribution in [2.24, 2.45) is 11.7 Å². The third-order valence-corrected chi connectivity index (χ3v) is 3.86. The highest BCUT2D eigenvalue weighted by Crippen LogP contribution is 2.17. The van der Waals surface area contributed by atoms with E-state index < -0.39 is 6.04 Å². The first kappa shape index (κ1) is 12.5. The van der Waals surface area contributed by atoms with E-state index in [2.05, 4.69) is 5.32 Å². The van der Waals surface area contributed by atoms with Gasteiger partial charge in [-0.15, -0.1) is 0 Å². The van der Waals surface area contributed by atoms with Crippen LogP contribution in [0.2, 0.25) is 0 Å². The van der Waals surface area contributed by atoms with Crippen LogP contribution in [-0.2, 0) is 16.1 Å². The van der Waals surface area contributed by atoms with Crippen molar-refractivity contribution in [3.8, 4) is 0 Å². The number of rotatable bonds is 4. The maximum Gasteiger partial charge on any atom is 0.237 e. The monoisotopic (exact) mass is 254 g/mol. The van der Waals surface area contributed by atoms with Gasteiger partial charge in [0.2, 0.25) is 5.91 Å². The topological polar surface area (TPSA) is 64.4 Å². The summed E-state index contributed by atoms with van der Waals surface area (Å²) < 4.78 is 5.26. The van der Waals surface area contributed by atoms with Gasteiger partial charge in [0.15, 0.2) is 0 Å². The Hall–Kier alpha value is -0.910. The Morgan fingerprint density at radius 2 is 2.35 bits per heavy atom. The first-order chi connectivity index (χ1) is 8.27. The number of thiophene rings is 1. The normalized spacial score (nSPS) is 18.9. The molecule has 0 spiro atoms. The molecular weight excluding hydrogens is 236 g/mol. The Balaban J connectivity index is 1.78. The number of carbonyl (C=O) groups is 1. The number of ether oxygens (including phenoxy) is 1. The molecule has 1 aliphatic heterocycles. The molecule has 2 heterocycles. The Kier molecular flexibility index (Phi) is 4.53. The average Bonchev–Trinajstić information content (AvgIpc) is 2.89. The van der Waals surface area contributed by atoms with E-state index in [0.717, 1.165) is 31.6 Å². The summed E-state index contributed by atoms with van der Waals surface area (Å²) in [7, 11) is 0. The fraction of sp³-hybridized carbons (Fsp3) is 0.583. The Labute approximate surface area is 105 Å². The van der Waals surface area contributed by atoms with E-state index in [9.17, 15) is 4.79 Å². The van der Waals surface area contributed by atoms with Gasteiger partial charge in [0.05, 0.1) is 6.04 Å². The lowest BCUT2D eigenvalue weighted by Gasteiger charge is -2.26. The third-order valence-electron chi connectivity index (χ3n) is 3.12. The molecule has 1 aromatic heterocycles. The van der Waals surface area contributed by atoms with Crippen molar-refractivity contribution in [1.82, 2.24) is 5.32 Å². The van der Waals surface area contributed by atoms with Crippen LogP contribution in [0, 0.1) is 5.92 Å². The van der Waals surface area contributed by atoms with Crippen LogP contribution in [0.5, 0.6) is 0 Å². The molecule has 1 atom stereocenters. The van der Waals surface area contributed by atoms with Crippen molar-refractivity contribution in [2.45, 2.75) is 25.4 Å². The molecule has 2 rings (SSSR count). The van der Waals surface area contributed by atoms with Crippen molar-refractivity contribution in [2.75, 3.05) is 13.2 Å². The van der Waals surface area contributed by atoms with E-state index >= 15 is 0 Å². The molecule has 0 radical (unpaired) electrons. The summed E-state index contributed by atoms with van der Waals surface area (Å²) in [5.74, 6) is 0.203. The van der Waals surface area contributed by atoms with E-state index in [-0.39, 0.29) is 11.8 Å². The van der Waals surface area contributed by atoms with Crippen LogP contribution in [0.4, 0.5) is 0 Å². The smallest absolute Gasteiger partial charge is 0.237 e. The molecule has 1 amide bonds. The highest BCUT2D eigenvalue weighted by atomic mass is 32.1. The van der Waals surface area contributed by atoms with Crippen molar-refractivity contribution < 1.29 is 9.53 Å². The maximum absolute atomic E-state index is 11.9. The lowest BCUT2D eigenvalue weighted by Crippen LogP contribution is -2.46. The molecule has 0 saturated carbocycles. The SMILES string of the molecule is NC(C(=O)NCc1ccsc1)C1CCOCC1. The van der Waals surface area contributed by atoms with Crippen LogP contribution < -0.4 is 11.1 Å². The summed E-state index contributed by atoms with van der Waals surface area (Å²) >= 11 is 1.63. The van der Waals surface area contributed by atoms with Crippen LogP contribution >= 0.6 is 11.3 Å². The minimum absolute atomic E-state index is 0.0527. The summed E-state index contributed by atoms with van der Waals surface area (Å²) in [5.41, 5.74) is 7.09. The van der Waals surface area contributed by atoms with E-state index in [0.29, 0.717) is 6.54 Å². The van der Waals surface area contributed by atoms with Gasteiger partial charge >= 0.3 is 0 Å². The second kappa shape index (κ2) is 6.14. The quantitative estimate of drug-likeness (QED) is 0.846. The molecule has 1 fully saturated rings. The zero-order chi connectivity index (χ0) is 12.1. The Bertz CT molecular complexity index is 347. The highest BCUT2D eigenvalue weighted by Gasteiger charge is 2.26. The summed E-state index contributed by atoms with van der Waals surface area (Å²) in [6.45, 7) is 2.01. The summed E-state index contributed by atoms with van der Waals surface area (Å²) in [4.78, 5) is 11.9. The molecule has 1 aromatic rings. The van der Waals surface area contributed by atoms with E-state index in [1.807, 2.05) is 16.8 Å². The Morgan fingerprint density at radius 1 is 1.59 bits per heavy atom. The predicted octanol–water partition coefficient (Wildman–Crippen LogP) is 1.12. The molecule has 3 N–H and O–H groups in total. The van der Waals surface area contributed by atoms with Crippen LogP contribution in [0.15, 0.2) is 16.8 Å². The molecule has 0 aromatic carbocycles. The van der Waals surface area contributed by atoms with Crippen LogP contribution in [-0.4, -0.2) is 25.2 Å². The van der Waals surface area contributed by atoms with E-state index in [1.165, 1.54) is 0 Å². The van der Waals surface area contributed by atoms with Gasteiger partial charge in [-0.25, -0.2) is 0 Å². The molecule has 1 aliphatic rings. The minimum atomic E-state index is -0.405. The van der Waals surface area contributed by atoms with Crippen LogP contribution in [0.1, 0.15) is 18.4 Å². The third kappa shape index (κ3) is 3.52. The van der Waals surface area contributed by atoms with Gasteiger partial charge in [0, 0.05) is 19.8 Å². The molecule has 5 heteroatoms. The average molecular weight is 254 g/mol. The number of hydrogen-bond acceptors (Lipinski definition) is 4. The molecule has 4 nitrogen and oxygen atoms in total. The zero-order valence-corrected chi connectivity index (χ0v) is 10.5.